The van der Waals surface area contributed by atoms with Gasteiger partial charge < -0.3 is 5.11 Å². The molecule has 0 aliphatic carbocycles. The average Bonchev–Trinajstić information content (AvgIpc) is 2.23. The molecule has 2 aromatic rings. The van der Waals surface area contributed by atoms with Gasteiger partial charge in [-0.3, -0.25) is 4.98 Å². The van der Waals surface area contributed by atoms with E-state index in [1.807, 2.05) is 0 Å². The van der Waals surface area contributed by atoms with Crippen molar-refractivity contribution in [1.82, 2.24) is 4.98 Å². The summed E-state index contributed by atoms with van der Waals surface area (Å²) in [6.07, 6.45) is 2.04. The number of aliphatic hydroxyl groups excluding tert-OH is 1. The van der Waals surface area contributed by atoms with Gasteiger partial charge in [0.1, 0.15) is 5.82 Å². The van der Waals surface area contributed by atoms with Crippen LogP contribution >= 0.6 is 11.6 Å². The van der Waals surface area contributed by atoms with Crippen LogP contribution in [0.1, 0.15) is 5.56 Å². The average molecular weight is 226 g/mol. The molecule has 0 fully saturated rings. The second kappa shape index (κ2) is 4.13. The van der Waals surface area contributed by atoms with E-state index in [0.29, 0.717) is 22.3 Å². The van der Waals surface area contributed by atoms with Gasteiger partial charge >= 0.3 is 0 Å². The van der Waals surface area contributed by atoms with E-state index in [9.17, 15) is 4.39 Å². The highest BCUT2D eigenvalue weighted by molar-refractivity contribution is 6.36. The molecule has 0 radical (unpaired) electrons. The summed E-state index contributed by atoms with van der Waals surface area (Å²) in [6.45, 7) is 0.00220. The van der Waals surface area contributed by atoms with Crippen molar-refractivity contribution in [3.8, 4) is 0 Å². The lowest BCUT2D eigenvalue weighted by atomic mass is 10.1. The molecule has 0 amide bonds. The molecule has 0 saturated carbocycles. The van der Waals surface area contributed by atoms with Crippen molar-refractivity contribution in [3.63, 3.8) is 0 Å². The lowest BCUT2D eigenvalue weighted by Gasteiger charge is -2.05. The van der Waals surface area contributed by atoms with Gasteiger partial charge in [0.15, 0.2) is 0 Å². The van der Waals surface area contributed by atoms with Crippen molar-refractivity contribution in [2.24, 2.45) is 0 Å². The van der Waals surface area contributed by atoms with Gasteiger partial charge in [0.2, 0.25) is 0 Å². The zero-order valence-electron chi connectivity index (χ0n) is 7.87. The highest BCUT2D eigenvalue weighted by atomic mass is 35.5. The van der Waals surface area contributed by atoms with Gasteiger partial charge in [-0.05, 0) is 30.2 Å². The van der Waals surface area contributed by atoms with Crippen LogP contribution in [0.25, 0.3) is 10.9 Å². The normalized spacial score (nSPS) is 10.9. The summed E-state index contributed by atoms with van der Waals surface area (Å²) in [5.41, 5.74) is 1.39. The van der Waals surface area contributed by atoms with E-state index < -0.39 is 0 Å². The van der Waals surface area contributed by atoms with Crippen molar-refractivity contribution in [2.45, 2.75) is 6.42 Å². The maximum Gasteiger partial charge on any atom is 0.124 e. The predicted molar refractivity (Wildman–Crippen MR) is 57.5 cm³/mol. The predicted octanol–water partition coefficient (Wildman–Crippen LogP) is 2.56. The van der Waals surface area contributed by atoms with Crippen LogP contribution in [0.5, 0.6) is 0 Å². The Kier molecular flexibility index (Phi) is 2.84. The van der Waals surface area contributed by atoms with E-state index in [4.69, 9.17) is 16.7 Å². The lowest BCUT2D eigenvalue weighted by molar-refractivity contribution is 0.299. The molecule has 2 rings (SSSR count). The lowest BCUT2D eigenvalue weighted by Crippen LogP contribution is -1.94. The Balaban J connectivity index is 2.65. The molecule has 0 atom stereocenters. The number of hydrogen-bond donors (Lipinski definition) is 1. The fourth-order valence-corrected chi connectivity index (χ4v) is 1.76. The third-order valence-corrected chi connectivity index (χ3v) is 2.66. The Labute approximate surface area is 91.3 Å². The minimum Gasteiger partial charge on any atom is -0.396 e. The molecular weight excluding hydrogens is 217 g/mol. The van der Waals surface area contributed by atoms with Crippen LogP contribution in [0.2, 0.25) is 5.02 Å². The summed E-state index contributed by atoms with van der Waals surface area (Å²) in [7, 11) is 0. The number of benzene rings is 1. The molecule has 0 bridgehead atoms. The minimum absolute atomic E-state index is 0.00220. The van der Waals surface area contributed by atoms with E-state index in [1.165, 1.54) is 12.1 Å². The van der Waals surface area contributed by atoms with Gasteiger partial charge in [0.05, 0.1) is 10.5 Å². The molecule has 1 aromatic carbocycles. The highest BCUT2D eigenvalue weighted by Crippen LogP contribution is 2.26. The summed E-state index contributed by atoms with van der Waals surface area (Å²) in [5, 5.41) is 9.86. The summed E-state index contributed by atoms with van der Waals surface area (Å²) in [4.78, 5) is 4.14. The van der Waals surface area contributed by atoms with E-state index in [2.05, 4.69) is 4.98 Å². The molecule has 78 valence electrons. The topological polar surface area (TPSA) is 33.1 Å². The standard InChI is InChI=1S/C11H9ClFNO/c12-11-7(3-4-15)6-14-10-2-1-8(13)5-9(10)11/h1-2,5-6,15H,3-4H2. The van der Waals surface area contributed by atoms with Crippen LogP contribution < -0.4 is 0 Å². The van der Waals surface area contributed by atoms with E-state index in [0.717, 1.165) is 5.56 Å². The first-order chi connectivity index (χ1) is 7.22. The number of rotatable bonds is 2. The van der Waals surface area contributed by atoms with Gasteiger partial charge in [0, 0.05) is 18.2 Å². The third-order valence-electron chi connectivity index (χ3n) is 2.22. The fraction of sp³-hybridized carbons (Fsp3) is 0.182. The van der Waals surface area contributed by atoms with Crippen LogP contribution in [0.4, 0.5) is 4.39 Å². The first-order valence-corrected chi connectivity index (χ1v) is 4.93. The number of pyridine rings is 1. The molecule has 1 aromatic heterocycles. The molecule has 1 N–H and O–H groups in total. The van der Waals surface area contributed by atoms with E-state index in [-0.39, 0.29) is 12.4 Å². The monoisotopic (exact) mass is 225 g/mol. The highest BCUT2D eigenvalue weighted by Gasteiger charge is 2.07. The quantitative estimate of drug-likeness (QED) is 0.852. The Morgan fingerprint density at radius 3 is 2.93 bits per heavy atom. The van der Waals surface area contributed by atoms with Crippen molar-refractivity contribution in [2.75, 3.05) is 6.61 Å². The summed E-state index contributed by atoms with van der Waals surface area (Å²) in [5.74, 6) is -0.340. The molecule has 15 heavy (non-hydrogen) atoms. The number of fused-ring (bicyclic) bond motifs is 1. The van der Waals surface area contributed by atoms with Crippen LogP contribution in [0.15, 0.2) is 24.4 Å². The Morgan fingerprint density at radius 1 is 1.40 bits per heavy atom. The molecule has 0 saturated heterocycles. The SMILES string of the molecule is OCCc1cnc2ccc(F)cc2c1Cl. The number of aliphatic hydroxyl groups is 1. The van der Waals surface area contributed by atoms with Crippen LogP contribution in [-0.4, -0.2) is 16.7 Å². The number of aromatic nitrogens is 1. The van der Waals surface area contributed by atoms with E-state index >= 15 is 0 Å². The summed E-state index contributed by atoms with van der Waals surface area (Å²) < 4.78 is 13.0. The Morgan fingerprint density at radius 2 is 2.20 bits per heavy atom. The zero-order chi connectivity index (χ0) is 10.8. The summed E-state index contributed by atoms with van der Waals surface area (Å²) in [6, 6.07) is 4.28. The zero-order valence-corrected chi connectivity index (χ0v) is 8.63. The molecule has 1 heterocycles. The van der Waals surface area contributed by atoms with Crippen molar-refractivity contribution < 1.29 is 9.50 Å². The number of hydrogen-bond acceptors (Lipinski definition) is 2. The van der Waals surface area contributed by atoms with Crippen LogP contribution in [0, 0.1) is 5.82 Å². The maximum atomic E-state index is 13.0. The molecule has 2 nitrogen and oxygen atoms in total. The molecule has 4 heteroatoms. The first-order valence-electron chi connectivity index (χ1n) is 4.56. The van der Waals surface area contributed by atoms with Crippen molar-refractivity contribution in [1.29, 1.82) is 0 Å². The molecule has 0 aliphatic heterocycles. The van der Waals surface area contributed by atoms with Gasteiger partial charge in [-0.15, -0.1) is 0 Å². The van der Waals surface area contributed by atoms with Gasteiger partial charge in [0.25, 0.3) is 0 Å². The molecular formula is C11H9ClFNO. The largest absolute Gasteiger partial charge is 0.396 e. The second-order valence-corrected chi connectivity index (χ2v) is 3.61. The minimum atomic E-state index is -0.340. The smallest absolute Gasteiger partial charge is 0.124 e. The van der Waals surface area contributed by atoms with Gasteiger partial charge in [-0.1, -0.05) is 11.6 Å². The van der Waals surface area contributed by atoms with Gasteiger partial charge in [-0.25, -0.2) is 4.39 Å². The van der Waals surface area contributed by atoms with Crippen molar-refractivity contribution in [3.05, 3.63) is 40.8 Å². The van der Waals surface area contributed by atoms with Crippen molar-refractivity contribution >= 4 is 22.5 Å². The third kappa shape index (κ3) is 1.94. The Hall–Kier alpha value is -1.19. The maximum absolute atomic E-state index is 13.0. The van der Waals surface area contributed by atoms with E-state index in [1.54, 1.807) is 12.3 Å². The number of nitrogens with zero attached hydrogens (tertiary/aromatic N) is 1. The molecule has 0 unspecified atom stereocenters. The van der Waals surface area contributed by atoms with Crippen LogP contribution in [-0.2, 0) is 6.42 Å². The fourth-order valence-electron chi connectivity index (χ4n) is 1.47. The van der Waals surface area contributed by atoms with Gasteiger partial charge in [-0.2, -0.15) is 0 Å². The number of halogens is 2. The molecule has 0 aliphatic rings. The molecule has 0 spiro atoms. The Bertz CT molecular complexity index is 501. The van der Waals surface area contributed by atoms with Crippen LogP contribution in [0.3, 0.4) is 0 Å². The summed E-state index contributed by atoms with van der Waals surface area (Å²) >= 11 is 6.07. The second-order valence-electron chi connectivity index (χ2n) is 3.23. The first kappa shape index (κ1) is 10.3.